The van der Waals surface area contributed by atoms with Crippen LogP contribution in [0.5, 0.6) is 0 Å². The largest absolute Gasteiger partial charge is 0.390 e. The van der Waals surface area contributed by atoms with Crippen molar-refractivity contribution in [2.24, 2.45) is 17.3 Å². The number of ether oxygens (including phenoxy) is 2. The predicted octanol–water partition coefficient (Wildman–Crippen LogP) is 2.96. The Balaban J connectivity index is 1.92. The lowest BCUT2D eigenvalue weighted by molar-refractivity contribution is -0.254. The zero-order chi connectivity index (χ0) is 13.6. The van der Waals surface area contributed by atoms with Gasteiger partial charge in [0.25, 0.3) is 0 Å². The van der Waals surface area contributed by atoms with E-state index in [1.54, 1.807) is 0 Å². The molecule has 1 heterocycles. The van der Waals surface area contributed by atoms with E-state index in [-0.39, 0.29) is 11.2 Å². The van der Waals surface area contributed by atoms with Crippen LogP contribution in [0.25, 0.3) is 0 Å². The SMILES string of the molecule is CC(C)(O)CCC1CC(C2(C)OCCO2)C1(C)C. The van der Waals surface area contributed by atoms with Crippen molar-refractivity contribution in [2.75, 3.05) is 13.2 Å². The van der Waals surface area contributed by atoms with Gasteiger partial charge in [-0.25, -0.2) is 0 Å². The third kappa shape index (κ3) is 2.59. The van der Waals surface area contributed by atoms with E-state index >= 15 is 0 Å². The summed E-state index contributed by atoms with van der Waals surface area (Å²) >= 11 is 0. The first-order valence-electron chi connectivity index (χ1n) is 7.15. The Morgan fingerprint density at radius 3 is 2.17 bits per heavy atom. The molecular weight excluding hydrogens is 228 g/mol. The summed E-state index contributed by atoms with van der Waals surface area (Å²) in [5.41, 5.74) is -0.310. The molecule has 18 heavy (non-hydrogen) atoms. The van der Waals surface area contributed by atoms with Gasteiger partial charge in [-0.05, 0) is 51.4 Å². The summed E-state index contributed by atoms with van der Waals surface area (Å²) in [4.78, 5) is 0. The van der Waals surface area contributed by atoms with E-state index in [0.29, 0.717) is 11.8 Å². The minimum absolute atomic E-state index is 0.240. The minimum Gasteiger partial charge on any atom is -0.390 e. The van der Waals surface area contributed by atoms with E-state index in [1.165, 1.54) is 0 Å². The van der Waals surface area contributed by atoms with Crippen molar-refractivity contribution in [3.05, 3.63) is 0 Å². The third-order valence-electron chi connectivity index (χ3n) is 5.07. The van der Waals surface area contributed by atoms with E-state index in [9.17, 15) is 5.11 Å². The lowest BCUT2D eigenvalue weighted by atomic mass is 9.51. The maximum Gasteiger partial charge on any atom is 0.169 e. The molecule has 0 radical (unpaired) electrons. The van der Waals surface area contributed by atoms with Gasteiger partial charge >= 0.3 is 0 Å². The Labute approximate surface area is 111 Å². The highest BCUT2D eigenvalue weighted by molar-refractivity contribution is 5.02. The fraction of sp³-hybridized carbons (Fsp3) is 1.00. The van der Waals surface area contributed by atoms with E-state index in [2.05, 4.69) is 20.8 Å². The van der Waals surface area contributed by atoms with Gasteiger partial charge in [0.1, 0.15) is 0 Å². The van der Waals surface area contributed by atoms with Crippen molar-refractivity contribution in [1.82, 2.24) is 0 Å². The highest BCUT2D eigenvalue weighted by Gasteiger charge is 2.58. The van der Waals surface area contributed by atoms with Crippen LogP contribution in [0.15, 0.2) is 0 Å². The molecule has 0 aromatic rings. The first-order chi connectivity index (χ1) is 8.15. The van der Waals surface area contributed by atoms with Gasteiger partial charge in [0.05, 0.1) is 18.8 Å². The molecule has 0 aromatic carbocycles. The molecule has 1 aliphatic carbocycles. The Kier molecular flexibility index (Phi) is 3.54. The molecule has 1 N–H and O–H groups in total. The first kappa shape index (κ1) is 14.3. The molecule has 1 saturated carbocycles. The van der Waals surface area contributed by atoms with Gasteiger partial charge in [-0.3, -0.25) is 0 Å². The maximum absolute atomic E-state index is 9.84. The normalized spacial score (nSPS) is 34.3. The fourth-order valence-electron chi connectivity index (χ4n) is 3.65. The lowest BCUT2D eigenvalue weighted by Gasteiger charge is -2.57. The molecule has 2 aliphatic rings. The molecule has 3 nitrogen and oxygen atoms in total. The summed E-state index contributed by atoms with van der Waals surface area (Å²) in [6.07, 6.45) is 3.11. The van der Waals surface area contributed by atoms with Gasteiger partial charge < -0.3 is 14.6 Å². The molecule has 2 unspecified atom stereocenters. The molecule has 1 saturated heterocycles. The zero-order valence-corrected chi connectivity index (χ0v) is 12.5. The van der Waals surface area contributed by atoms with Crippen LogP contribution in [0, 0.1) is 17.3 Å². The summed E-state index contributed by atoms with van der Waals surface area (Å²) in [7, 11) is 0. The third-order valence-corrected chi connectivity index (χ3v) is 5.07. The van der Waals surface area contributed by atoms with E-state index in [0.717, 1.165) is 32.5 Å². The summed E-state index contributed by atoms with van der Waals surface area (Å²) in [6.45, 7) is 11.9. The van der Waals surface area contributed by atoms with Crippen molar-refractivity contribution >= 4 is 0 Å². The second kappa shape index (κ2) is 4.46. The van der Waals surface area contributed by atoms with Crippen molar-refractivity contribution in [3.63, 3.8) is 0 Å². The topological polar surface area (TPSA) is 38.7 Å². The summed E-state index contributed by atoms with van der Waals surface area (Å²) < 4.78 is 11.6. The van der Waals surface area contributed by atoms with Crippen LogP contribution in [0.4, 0.5) is 0 Å². The highest BCUT2D eigenvalue weighted by Crippen LogP contribution is 2.59. The number of hydrogen-bond donors (Lipinski definition) is 1. The summed E-state index contributed by atoms with van der Waals surface area (Å²) in [5, 5.41) is 9.84. The van der Waals surface area contributed by atoms with E-state index < -0.39 is 5.60 Å². The van der Waals surface area contributed by atoms with Crippen LogP contribution in [0.3, 0.4) is 0 Å². The van der Waals surface area contributed by atoms with Crippen molar-refractivity contribution in [2.45, 2.75) is 65.3 Å². The van der Waals surface area contributed by atoms with Crippen molar-refractivity contribution in [3.8, 4) is 0 Å². The highest BCUT2D eigenvalue weighted by atomic mass is 16.7. The fourth-order valence-corrected chi connectivity index (χ4v) is 3.65. The second-order valence-corrected chi connectivity index (χ2v) is 7.37. The molecule has 0 amide bonds. The van der Waals surface area contributed by atoms with Gasteiger partial charge in [0.15, 0.2) is 5.79 Å². The Bertz CT molecular complexity index is 297. The second-order valence-electron chi connectivity index (χ2n) is 7.37. The maximum atomic E-state index is 9.84. The molecular formula is C15H28O3. The van der Waals surface area contributed by atoms with Crippen LogP contribution in [-0.2, 0) is 9.47 Å². The molecule has 2 rings (SSSR count). The molecule has 1 aliphatic heterocycles. The standard InChI is InChI=1S/C15H28O3/c1-13(2,16)7-6-11-10-12(14(11,3)4)15(5)17-8-9-18-15/h11-12,16H,6-10H2,1-5H3. The van der Waals surface area contributed by atoms with Crippen LogP contribution in [0.2, 0.25) is 0 Å². The van der Waals surface area contributed by atoms with Gasteiger partial charge in [-0.1, -0.05) is 13.8 Å². The monoisotopic (exact) mass is 256 g/mol. The van der Waals surface area contributed by atoms with Crippen LogP contribution < -0.4 is 0 Å². The van der Waals surface area contributed by atoms with Crippen molar-refractivity contribution < 1.29 is 14.6 Å². The quantitative estimate of drug-likeness (QED) is 0.840. The Morgan fingerprint density at radius 2 is 1.72 bits per heavy atom. The molecule has 2 fully saturated rings. The first-order valence-corrected chi connectivity index (χ1v) is 7.15. The van der Waals surface area contributed by atoms with Crippen molar-refractivity contribution in [1.29, 1.82) is 0 Å². The van der Waals surface area contributed by atoms with Gasteiger partial charge in [-0.15, -0.1) is 0 Å². The van der Waals surface area contributed by atoms with Crippen LogP contribution in [-0.4, -0.2) is 29.7 Å². The lowest BCUT2D eigenvalue weighted by Crippen LogP contribution is -2.56. The van der Waals surface area contributed by atoms with Gasteiger partial charge in [0.2, 0.25) is 0 Å². The van der Waals surface area contributed by atoms with Crippen LogP contribution >= 0.6 is 0 Å². The van der Waals surface area contributed by atoms with Crippen LogP contribution in [0.1, 0.15) is 53.9 Å². The molecule has 0 bridgehead atoms. The smallest absolute Gasteiger partial charge is 0.169 e. The minimum atomic E-state index is -0.550. The van der Waals surface area contributed by atoms with E-state index in [1.807, 2.05) is 13.8 Å². The number of aliphatic hydroxyl groups is 1. The number of hydrogen-bond acceptors (Lipinski definition) is 3. The van der Waals surface area contributed by atoms with Gasteiger partial charge in [-0.2, -0.15) is 0 Å². The molecule has 0 spiro atoms. The van der Waals surface area contributed by atoms with E-state index in [4.69, 9.17) is 9.47 Å². The average Bonchev–Trinajstić information content (AvgIpc) is 2.62. The van der Waals surface area contributed by atoms with Gasteiger partial charge in [0, 0.05) is 5.92 Å². The molecule has 2 atom stereocenters. The molecule has 106 valence electrons. The number of rotatable bonds is 4. The summed E-state index contributed by atoms with van der Waals surface area (Å²) in [6, 6.07) is 0. The Hall–Kier alpha value is -0.120. The predicted molar refractivity (Wildman–Crippen MR) is 71.2 cm³/mol. The molecule has 0 aromatic heterocycles. The summed E-state index contributed by atoms with van der Waals surface area (Å²) in [5.74, 6) is 0.757. The average molecular weight is 256 g/mol. The zero-order valence-electron chi connectivity index (χ0n) is 12.5. The molecule has 3 heteroatoms. The Morgan fingerprint density at radius 1 is 1.17 bits per heavy atom.